The summed E-state index contributed by atoms with van der Waals surface area (Å²) in [6, 6.07) is 0.275. The average molecular weight is 272 g/mol. The van der Waals surface area contributed by atoms with Crippen molar-refractivity contribution in [1.29, 1.82) is 0 Å². The number of hydrogen-bond donors (Lipinski definition) is 1. The third kappa shape index (κ3) is 4.74. The Balaban J connectivity index is 2.63. The van der Waals surface area contributed by atoms with Crippen LogP contribution in [-0.4, -0.2) is 47.4 Å². The maximum atomic E-state index is 11.0. The number of anilines is 1. The van der Waals surface area contributed by atoms with Gasteiger partial charge in [0.1, 0.15) is 0 Å². The summed E-state index contributed by atoms with van der Waals surface area (Å²) in [5.41, 5.74) is 0. The molecule has 0 atom stereocenters. The van der Waals surface area contributed by atoms with Crippen LogP contribution >= 0.6 is 11.8 Å². The number of hydrogen-bond acceptors (Lipinski definition) is 8. The van der Waals surface area contributed by atoms with Crippen LogP contribution < -0.4 is 10.1 Å². The Bertz CT molecular complexity index is 403. The fourth-order valence-electron chi connectivity index (χ4n) is 1.04. The molecule has 0 saturated heterocycles. The number of aromatic nitrogens is 3. The highest BCUT2D eigenvalue weighted by atomic mass is 32.2. The van der Waals surface area contributed by atoms with Gasteiger partial charge in [-0.25, -0.2) is 0 Å². The van der Waals surface area contributed by atoms with E-state index in [9.17, 15) is 4.79 Å². The molecule has 0 saturated carbocycles. The molecule has 0 aliphatic heterocycles. The van der Waals surface area contributed by atoms with Gasteiger partial charge in [0.25, 0.3) is 0 Å². The summed E-state index contributed by atoms with van der Waals surface area (Å²) in [5, 5.41) is 3.34. The Morgan fingerprint density at radius 3 is 2.78 bits per heavy atom. The second-order valence-electron chi connectivity index (χ2n) is 3.08. The Morgan fingerprint density at radius 1 is 1.39 bits per heavy atom. The lowest BCUT2D eigenvalue weighted by atomic mass is 10.5. The monoisotopic (exact) mass is 272 g/mol. The Morgan fingerprint density at radius 2 is 2.17 bits per heavy atom. The van der Waals surface area contributed by atoms with E-state index in [-0.39, 0.29) is 12.0 Å². The Labute approximate surface area is 110 Å². The van der Waals surface area contributed by atoms with Crippen LogP contribution in [0, 0.1) is 0 Å². The molecule has 0 aliphatic carbocycles. The Kier molecular flexibility index (Phi) is 6.20. The quantitative estimate of drug-likeness (QED) is 0.580. The summed E-state index contributed by atoms with van der Waals surface area (Å²) in [6.07, 6.45) is 0.311. The molecule has 1 aromatic heterocycles. The molecule has 0 radical (unpaired) electrons. The molecule has 0 aromatic carbocycles. The van der Waals surface area contributed by atoms with Gasteiger partial charge in [0.15, 0.2) is 5.16 Å². The fourth-order valence-corrected chi connectivity index (χ4v) is 1.78. The highest BCUT2D eigenvalue weighted by Crippen LogP contribution is 2.18. The molecule has 1 rings (SSSR count). The van der Waals surface area contributed by atoms with E-state index in [1.165, 1.54) is 18.9 Å². The van der Waals surface area contributed by atoms with Crippen molar-refractivity contribution < 1.29 is 14.3 Å². The smallest absolute Gasteiger partial charge is 0.322 e. The lowest BCUT2D eigenvalue weighted by Crippen LogP contribution is -2.06. The number of esters is 1. The van der Waals surface area contributed by atoms with Crippen molar-refractivity contribution in [2.75, 3.05) is 31.8 Å². The largest absolute Gasteiger partial charge is 0.469 e. The maximum absolute atomic E-state index is 11.0. The number of methoxy groups -OCH3 is 1. The van der Waals surface area contributed by atoms with Crippen LogP contribution in [0.4, 0.5) is 5.95 Å². The van der Waals surface area contributed by atoms with Crippen LogP contribution in [0.15, 0.2) is 5.16 Å². The van der Waals surface area contributed by atoms with Crippen LogP contribution in [0.1, 0.15) is 13.3 Å². The van der Waals surface area contributed by atoms with E-state index < -0.39 is 0 Å². The van der Waals surface area contributed by atoms with Gasteiger partial charge in [-0.2, -0.15) is 15.0 Å². The van der Waals surface area contributed by atoms with Crippen LogP contribution in [0.5, 0.6) is 6.01 Å². The number of nitrogens with zero attached hydrogens (tertiary/aromatic N) is 3. The van der Waals surface area contributed by atoms with E-state index in [0.29, 0.717) is 29.9 Å². The molecule has 7 nitrogen and oxygen atoms in total. The zero-order valence-electron chi connectivity index (χ0n) is 10.6. The third-order valence-electron chi connectivity index (χ3n) is 1.86. The van der Waals surface area contributed by atoms with Crippen LogP contribution in [0.25, 0.3) is 0 Å². The second kappa shape index (κ2) is 7.70. The Hall–Kier alpha value is -1.57. The van der Waals surface area contributed by atoms with Gasteiger partial charge >= 0.3 is 12.0 Å². The molecule has 0 aliphatic rings. The van der Waals surface area contributed by atoms with E-state index in [1.54, 1.807) is 7.05 Å². The molecule has 8 heteroatoms. The molecular weight excluding hydrogens is 256 g/mol. The average Bonchev–Trinajstić information content (AvgIpc) is 2.38. The number of rotatable bonds is 7. The van der Waals surface area contributed by atoms with Gasteiger partial charge in [-0.1, -0.05) is 11.8 Å². The van der Waals surface area contributed by atoms with Crippen molar-refractivity contribution in [3.05, 3.63) is 0 Å². The van der Waals surface area contributed by atoms with Crippen LogP contribution in [0.2, 0.25) is 0 Å². The van der Waals surface area contributed by atoms with Crippen LogP contribution in [-0.2, 0) is 9.53 Å². The van der Waals surface area contributed by atoms with Gasteiger partial charge in [-0.05, 0) is 6.92 Å². The van der Waals surface area contributed by atoms with E-state index >= 15 is 0 Å². The zero-order valence-corrected chi connectivity index (χ0v) is 11.4. The summed E-state index contributed by atoms with van der Waals surface area (Å²) < 4.78 is 9.78. The molecule has 1 aromatic rings. The van der Waals surface area contributed by atoms with E-state index in [4.69, 9.17) is 4.74 Å². The molecule has 0 unspecified atom stereocenters. The first kappa shape index (κ1) is 14.5. The van der Waals surface area contributed by atoms with Crippen molar-refractivity contribution in [1.82, 2.24) is 15.0 Å². The van der Waals surface area contributed by atoms with Gasteiger partial charge in [0.05, 0.1) is 20.1 Å². The number of carbonyl (C=O) groups is 1. The minimum atomic E-state index is -0.254. The number of nitrogens with one attached hydrogen (secondary N) is 1. The first-order chi connectivity index (χ1) is 8.69. The molecule has 1 N–H and O–H groups in total. The highest BCUT2D eigenvalue weighted by Gasteiger charge is 2.08. The summed E-state index contributed by atoms with van der Waals surface area (Å²) >= 11 is 1.35. The molecule has 18 heavy (non-hydrogen) atoms. The summed E-state index contributed by atoms with van der Waals surface area (Å²) in [7, 11) is 3.08. The van der Waals surface area contributed by atoms with Gasteiger partial charge in [-0.15, -0.1) is 0 Å². The molecule has 0 bridgehead atoms. The number of thioether (sulfide) groups is 1. The van der Waals surface area contributed by atoms with Crippen molar-refractivity contribution >= 4 is 23.7 Å². The minimum Gasteiger partial charge on any atom is -0.469 e. The van der Waals surface area contributed by atoms with E-state index in [0.717, 1.165) is 0 Å². The van der Waals surface area contributed by atoms with Gasteiger partial charge < -0.3 is 14.8 Å². The fraction of sp³-hybridized carbons (Fsp3) is 0.600. The van der Waals surface area contributed by atoms with Crippen molar-refractivity contribution in [3.8, 4) is 6.01 Å². The van der Waals surface area contributed by atoms with Crippen molar-refractivity contribution in [2.45, 2.75) is 18.5 Å². The number of carbonyl (C=O) groups excluding carboxylic acids is 1. The molecule has 0 fully saturated rings. The predicted octanol–water partition coefficient (Wildman–Crippen LogP) is 0.967. The molecule has 1 heterocycles. The van der Waals surface area contributed by atoms with Crippen LogP contribution in [0.3, 0.4) is 0 Å². The van der Waals surface area contributed by atoms with Crippen molar-refractivity contribution in [2.24, 2.45) is 0 Å². The van der Waals surface area contributed by atoms with Crippen molar-refractivity contribution in [3.63, 3.8) is 0 Å². The van der Waals surface area contributed by atoms with Gasteiger partial charge in [-0.3, -0.25) is 4.79 Å². The first-order valence-electron chi connectivity index (χ1n) is 5.45. The third-order valence-corrected chi connectivity index (χ3v) is 2.71. The summed E-state index contributed by atoms with van der Waals surface area (Å²) in [4.78, 5) is 23.3. The predicted molar refractivity (Wildman–Crippen MR) is 67.9 cm³/mol. The topological polar surface area (TPSA) is 86.2 Å². The van der Waals surface area contributed by atoms with Gasteiger partial charge in [0, 0.05) is 12.8 Å². The minimum absolute atomic E-state index is 0.254. The SMILES string of the molecule is CCOc1nc(NC)nc(SCCC(=O)OC)n1. The maximum Gasteiger partial charge on any atom is 0.322 e. The summed E-state index contributed by atoms with van der Waals surface area (Å²) in [5.74, 6) is 0.732. The first-order valence-corrected chi connectivity index (χ1v) is 6.44. The second-order valence-corrected chi connectivity index (χ2v) is 4.14. The summed E-state index contributed by atoms with van der Waals surface area (Å²) in [6.45, 7) is 2.34. The lowest BCUT2D eigenvalue weighted by molar-refractivity contribution is -0.140. The highest BCUT2D eigenvalue weighted by molar-refractivity contribution is 7.99. The standard InChI is InChI=1S/C10H16N4O3S/c1-4-17-9-12-8(11-2)13-10(14-9)18-6-5-7(15)16-3/h4-6H2,1-3H3,(H,11,12,13,14). The molecule has 0 amide bonds. The zero-order chi connectivity index (χ0) is 13.4. The number of ether oxygens (including phenoxy) is 2. The lowest BCUT2D eigenvalue weighted by Gasteiger charge is -2.06. The molecule has 0 spiro atoms. The van der Waals surface area contributed by atoms with Gasteiger partial charge in [0.2, 0.25) is 5.95 Å². The normalized spacial score (nSPS) is 9.94. The van der Waals surface area contributed by atoms with E-state index in [2.05, 4.69) is 25.0 Å². The van der Waals surface area contributed by atoms with E-state index in [1.807, 2.05) is 6.92 Å². The molecule has 100 valence electrons. The molecular formula is C10H16N4O3S.